The van der Waals surface area contributed by atoms with Gasteiger partial charge in [-0.05, 0) is 37.1 Å². The average Bonchev–Trinajstić information content (AvgIpc) is 2.72. The number of hydrogen-bond donors (Lipinski definition) is 0. The zero-order valence-corrected chi connectivity index (χ0v) is 18.7. The summed E-state index contributed by atoms with van der Waals surface area (Å²) in [5.74, 6) is 2.84. The fourth-order valence-electron chi connectivity index (χ4n) is 3.05. The molecule has 0 radical (unpaired) electrons. The molecule has 1 aromatic carbocycles. The van der Waals surface area contributed by atoms with Crippen LogP contribution in [0.25, 0.3) is 11.0 Å². The van der Waals surface area contributed by atoms with E-state index >= 15 is 0 Å². The Labute approximate surface area is 178 Å². The summed E-state index contributed by atoms with van der Waals surface area (Å²) >= 11 is 1.42. The molecular formula is C21H26N4O4S. The first-order valence-corrected chi connectivity index (χ1v) is 10.7. The third kappa shape index (κ3) is 4.67. The van der Waals surface area contributed by atoms with Gasteiger partial charge in [-0.25, -0.2) is 14.8 Å². The van der Waals surface area contributed by atoms with E-state index in [4.69, 9.17) is 9.47 Å². The van der Waals surface area contributed by atoms with Crippen molar-refractivity contribution in [2.24, 2.45) is 13.0 Å². The van der Waals surface area contributed by atoms with Crippen LogP contribution in [0.3, 0.4) is 0 Å². The normalized spacial score (nSPS) is 11.3. The van der Waals surface area contributed by atoms with E-state index in [1.54, 1.807) is 18.6 Å². The topological polar surface area (TPSA) is 88.2 Å². The SMILES string of the molecule is COc1ccc(OCCSc2nc(C)nc3c2c(=O)n(C)c(=O)n3CC(C)C)cc1. The van der Waals surface area contributed by atoms with Gasteiger partial charge >= 0.3 is 5.69 Å². The number of aryl methyl sites for hydroxylation is 1. The molecule has 0 atom stereocenters. The van der Waals surface area contributed by atoms with Crippen molar-refractivity contribution in [2.45, 2.75) is 32.3 Å². The molecule has 9 heteroatoms. The van der Waals surface area contributed by atoms with E-state index in [1.807, 2.05) is 38.1 Å². The van der Waals surface area contributed by atoms with Crippen molar-refractivity contribution in [2.75, 3.05) is 19.5 Å². The average molecular weight is 431 g/mol. The molecule has 0 amide bonds. The molecule has 0 unspecified atom stereocenters. The minimum atomic E-state index is -0.381. The molecule has 2 aromatic heterocycles. The maximum Gasteiger partial charge on any atom is 0.332 e. The van der Waals surface area contributed by atoms with Crippen LogP contribution >= 0.6 is 11.8 Å². The number of methoxy groups -OCH3 is 1. The largest absolute Gasteiger partial charge is 0.497 e. The molecule has 0 N–H and O–H groups in total. The summed E-state index contributed by atoms with van der Waals surface area (Å²) in [6.45, 7) is 6.71. The van der Waals surface area contributed by atoms with E-state index in [9.17, 15) is 9.59 Å². The summed E-state index contributed by atoms with van der Waals surface area (Å²) in [4.78, 5) is 34.4. The maximum absolute atomic E-state index is 12.8. The number of nitrogens with zero attached hydrogens (tertiary/aromatic N) is 4. The van der Waals surface area contributed by atoms with Gasteiger partial charge in [0.2, 0.25) is 0 Å². The summed E-state index contributed by atoms with van der Waals surface area (Å²) in [7, 11) is 3.10. The summed E-state index contributed by atoms with van der Waals surface area (Å²) in [6.07, 6.45) is 0. The molecule has 0 bridgehead atoms. The van der Waals surface area contributed by atoms with Crippen LogP contribution in [0.1, 0.15) is 19.7 Å². The Balaban J connectivity index is 1.87. The molecule has 3 rings (SSSR count). The van der Waals surface area contributed by atoms with E-state index in [-0.39, 0.29) is 17.2 Å². The Morgan fingerprint density at radius 2 is 1.77 bits per heavy atom. The quantitative estimate of drug-likeness (QED) is 0.308. The van der Waals surface area contributed by atoms with Crippen LogP contribution in [0.4, 0.5) is 0 Å². The molecule has 0 aliphatic heterocycles. The van der Waals surface area contributed by atoms with Crippen molar-refractivity contribution in [1.29, 1.82) is 0 Å². The van der Waals surface area contributed by atoms with Crippen LogP contribution in [0, 0.1) is 12.8 Å². The lowest BCUT2D eigenvalue weighted by Crippen LogP contribution is -2.39. The standard InChI is InChI=1S/C21H26N4O4S/c1-13(2)12-25-18-17(20(26)24(4)21(25)27)19(23-14(3)22-18)30-11-10-29-16-8-6-15(28-5)7-9-16/h6-9,13H,10-12H2,1-5H3. The molecule has 0 saturated carbocycles. The monoisotopic (exact) mass is 430 g/mol. The second kappa shape index (κ2) is 9.34. The number of ether oxygens (including phenoxy) is 2. The Morgan fingerprint density at radius 1 is 1.10 bits per heavy atom. The predicted octanol–water partition coefficient (Wildman–Crippen LogP) is 2.63. The highest BCUT2D eigenvalue weighted by molar-refractivity contribution is 7.99. The molecule has 2 heterocycles. The van der Waals surface area contributed by atoms with Crippen LogP contribution in [-0.2, 0) is 13.6 Å². The van der Waals surface area contributed by atoms with Crippen LogP contribution < -0.4 is 20.7 Å². The zero-order chi connectivity index (χ0) is 21.8. The number of hydrogen-bond acceptors (Lipinski definition) is 7. The summed E-state index contributed by atoms with van der Waals surface area (Å²) < 4.78 is 13.6. The molecule has 0 spiro atoms. The van der Waals surface area contributed by atoms with Gasteiger partial charge in [0, 0.05) is 19.3 Å². The molecule has 0 aliphatic rings. The Bertz CT molecular complexity index is 1150. The molecule has 0 saturated heterocycles. The smallest absolute Gasteiger partial charge is 0.332 e. The van der Waals surface area contributed by atoms with Gasteiger partial charge in [0.05, 0.1) is 13.7 Å². The number of benzene rings is 1. The Hall–Kier alpha value is -2.81. The van der Waals surface area contributed by atoms with Gasteiger partial charge in [0.25, 0.3) is 5.56 Å². The van der Waals surface area contributed by atoms with Gasteiger partial charge in [-0.3, -0.25) is 13.9 Å². The van der Waals surface area contributed by atoms with E-state index in [0.29, 0.717) is 40.8 Å². The Morgan fingerprint density at radius 3 is 2.40 bits per heavy atom. The molecule has 8 nitrogen and oxygen atoms in total. The summed E-state index contributed by atoms with van der Waals surface area (Å²) in [6, 6.07) is 7.35. The van der Waals surface area contributed by atoms with E-state index in [1.165, 1.54) is 18.8 Å². The van der Waals surface area contributed by atoms with Gasteiger partial charge in [-0.2, -0.15) is 0 Å². The highest BCUT2D eigenvalue weighted by Crippen LogP contribution is 2.23. The minimum absolute atomic E-state index is 0.229. The highest BCUT2D eigenvalue weighted by Gasteiger charge is 2.18. The first-order valence-electron chi connectivity index (χ1n) is 9.69. The summed E-state index contributed by atoms with van der Waals surface area (Å²) in [5, 5.41) is 0.937. The van der Waals surface area contributed by atoms with Crippen LogP contribution in [0.2, 0.25) is 0 Å². The Kier molecular flexibility index (Phi) is 6.81. The molecule has 30 heavy (non-hydrogen) atoms. The lowest BCUT2D eigenvalue weighted by molar-refractivity contribution is 0.342. The van der Waals surface area contributed by atoms with Crippen LogP contribution in [0.5, 0.6) is 11.5 Å². The molecule has 160 valence electrons. The first kappa shape index (κ1) is 21.9. The van der Waals surface area contributed by atoms with Crippen LogP contribution in [-0.4, -0.2) is 38.6 Å². The summed E-state index contributed by atoms with van der Waals surface area (Å²) in [5.41, 5.74) is -0.352. The third-order valence-electron chi connectivity index (χ3n) is 4.46. The van der Waals surface area contributed by atoms with Crippen molar-refractivity contribution in [1.82, 2.24) is 19.1 Å². The maximum atomic E-state index is 12.8. The van der Waals surface area contributed by atoms with Crippen molar-refractivity contribution in [3.8, 4) is 11.5 Å². The van der Waals surface area contributed by atoms with E-state index in [2.05, 4.69) is 9.97 Å². The van der Waals surface area contributed by atoms with Crippen molar-refractivity contribution >= 4 is 22.8 Å². The van der Waals surface area contributed by atoms with Gasteiger partial charge in [-0.1, -0.05) is 13.8 Å². The van der Waals surface area contributed by atoms with Gasteiger partial charge in [0.15, 0.2) is 5.65 Å². The molecule has 3 aromatic rings. The fourth-order valence-corrected chi connectivity index (χ4v) is 3.92. The number of fused-ring (bicyclic) bond motifs is 1. The second-order valence-electron chi connectivity index (χ2n) is 7.30. The zero-order valence-electron chi connectivity index (χ0n) is 17.8. The highest BCUT2D eigenvalue weighted by atomic mass is 32.2. The fraction of sp³-hybridized carbons (Fsp3) is 0.429. The molecule has 0 aliphatic carbocycles. The lowest BCUT2D eigenvalue weighted by atomic mass is 10.2. The predicted molar refractivity (Wildman–Crippen MR) is 118 cm³/mol. The van der Waals surface area contributed by atoms with Crippen molar-refractivity contribution < 1.29 is 9.47 Å². The van der Waals surface area contributed by atoms with Crippen LogP contribution in [0.15, 0.2) is 38.9 Å². The van der Waals surface area contributed by atoms with Crippen molar-refractivity contribution in [3.63, 3.8) is 0 Å². The van der Waals surface area contributed by atoms with Gasteiger partial charge < -0.3 is 9.47 Å². The van der Waals surface area contributed by atoms with E-state index < -0.39 is 0 Å². The second-order valence-corrected chi connectivity index (χ2v) is 8.38. The number of aromatic nitrogens is 4. The minimum Gasteiger partial charge on any atom is -0.497 e. The van der Waals surface area contributed by atoms with Gasteiger partial charge in [-0.15, -0.1) is 11.8 Å². The lowest BCUT2D eigenvalue weighted by Gasteiger charge is -2.15. The van der Waals surface area contributed by atoms with Gasteiger partial charge in [0.1, 0.15) is 27.7 Å². The van der Waals surface area contributed by atoms with E-state index in [0.717, 1.165) is 16.1 Å². The number of rotatable bonds is 8. The van der Waals surface area contributed by atoms with Crippen molar-refractivity contribution in [3.05, 3.63) is 50.9 Å². The third-order valence-corrected chi connectivity index (χ3v) is 5.40. The number of thioether (sulfide) groups is 1. The molecule has 0 fully saturated rings. The molecular weight excluding hydrogens is 404 g/mol. The first-order chi connectivity index (χ1) is 14.3.